The SMILES string of the molecule is CC1(C)c2ccccc2-c2c1ccc1c2ccc2ccc3cc(N(c4ccccc4)c4cccc5sc6ccccc6c45)ccc3c21.c1ccc(N(c2ccc3c(ccc4ccc5c(ccc6c7ccccc7sc65)c43)c2)c2cccc3c4ccccc4n(-c4ccccc4)c23)cc1. The van der Waals surface area contributed by atoms with Gasteiger partial charge in [-0.1, -0.05) is 250 Å². The highest BCUT2D eigenvalue weighted by Gasteiger charge is 2.36. The minimum atomic E-state index is -0.0136. The van der Waals surface area contributed by atoms with Crippen LogP contribution in [0.25, 0.3) is 144 Å². The first kappa shape index (κ1) is 56.5. The summed E-state index contributed by atoms with van der Waals surface area (Å²) in [5.41, 5.74) is 16.0. The number of anilines is 6. The Labute approximate surface area is 574 Å². The average molecular weight is 1280 g/mol. The third-order valence-electron chi connectivity index (χ3n) is 20.9. The number of fused-ring (bicyclic) bond motifs is 24. The Kier molecular flexibility index (Phi) is 12.7. The molecule has 0 atom stereocenters. The number of benzene rings is 17. The van der Waals surface area contributed by atoms with E-state index in [0.29, 0.717) is 0 Å². The number of hydrogen-bond donors (Lipinski definition) is 0. The summed E-state index contributed by atoms with van der Waals surface area (Å²) in [6.45, 7) is 4.72. The fourth-order valence-corrected chi connectivity index (χ4v) is 18.9. The molecule has 0 fully saturated rings. The van der Waals surface area contributed by atoms with Crippen molar-refractivity contribution in [2.24, 2.45) is 0 Å². The van der Waals surface area contributed by atoms with Crippen LogP contribution >= 0.6 is 22.7 Å². The third-order valence-corrected chi connectivity index (χ3v) is 23.3. The molecule has 0 bridgehead atoms. The standard InChI is InChI=1S/C48H30N2S.C45H31NS/c1-3-12-33(13-4-1)49(44-20-11-18-40-37-16-7-9-19-43(37)50(47(40)44)34-14-5-2-6-15-34)35-25-27-36-32(30-35)23-22-31-24-26-42-39(46(31)36)28-29-41-38-17-8-10-21-45(38)51-48(41)42;1-45(2)37-15-8-6-13-35(37)43-34-23-21-28-19-20-29-27-31(22-24-32(29)42(28)33(34)25-26-38(43)45)46(30-11-4-3-5-12-30)39-16-10-18-41-44(39)36-14-7-9-17-40(36)47-41/h1-30H;3-27H,1-2H3. The zero-order valence-electron chi connectivity index (χ0n) is 53.9. The molecule has 0 aliphatic heterocycles. The second kappa shape index (κ2) is 22.1. The zero-order chi connectivity index (χ0) is 64.7. The van der Waals surface area contributed by atoms with E-state index in [9.17, 15) is 0 Å². The summed E-state index contributed by atoms with van der Waals surface area (Å²) in [5.74, 6) is 0. The van der Waals surface area contributed by atoms with Crippen LogP contribution in [0.4, 0.5) is 34.1 Å². The fraction of sp³-hybridized carbons (Fsp3) is 0.0323. The molecule has 3 aromatic heterocycles. The van der Waals surface area contributed by atoms with E-state index in [0.717, 1.165) is 34.1 Å². The minimum absolute atomic E-state index is 0.0136. The van der Waals surface area contributed by atoms with E-state index in [1.54, 1.807) is 0 Å². The van der Waals surface area contributed by atoms with Gasteiger partial charge in [-0.05, 0) is 179 Å². The van der Waals surface area contributed by atoms with Gasteiger partial charge in [0.15, 0.2) is 0 Å². The topological polar surface area (TPSA) is 11.4 Å². The van der Waals surface area contributed by atoms with Crippen molar-refractivity contribution in [3.8, 4) is 16.8 Å². The highest BCUT2D eigenvalue weighted by molar-refractivity contribution is 7.27. The maximum absolute atomic E-state index is 2.43. The third kappa shape index (κ3) is 8.59. The van der Waals surface area contributed by atoms with Gasteiger partial charge in [-0.3, -0.25) is 0 Å². The van der Waals surface area contributed by atoms with Crippen molar-refractivity contribution in [3.05, 3.63) is 345 Å². The van der Waals surface area contributed by atoms with Crippen LogP contribution in [0.1, 0.15) is 25.0 Å². The molecule has 20 aromatic rings. The van der Waals surface area contributed by atoms with E-state index in [1.807, 2.05) is 22.7 Å². The predicted molar refractivity (Wildman–Crippen MR) is 425 cm³/mol. The van der Waals surface area contributed by atoms with Crippen LogP contribution in [0.15, 0.2) is 334 Å². The van der Waals surface area contributed by atoms with Crippen molar-refractivity contribution < 1.29 is 0 Å². The van der Waals surface area contributed by atoms with Crippen molar-refractivity contribution in [2.45, 2.75) is 19.3 Å². The van der Waals surface area contributed by atoms with Gasteiger partial charge in [0.25, 0.3) is 0 Å². The molecular weight excluding hydrogens is 1220 g/mol. The molecule has 3 nitrogen and oxygen atoms in total. The average Bonchev–Trinajstić information content (AvgIpc) is 1.35. The van der Waals surface area contributed by atoms with Crippen LogP contribution in [0, 0.1) is 0 Å². The molecule has 17 aromatic carbocycles. The van der Waals surface area contributed by atoms with Crippen molar-refractivity contribution in [2.75, 3.05) is 9.80 Å². The van der Waals surface area contributed by atoms with Crippen LogP contribution < -0.4 is 9.80 Å². The van der Waals surface area contributed by atoms with Crippen molar-refractivity contribution in [1.29, 1.82) is 0 Å². The lowest BCUT2D eigenvalue weighted by molar-refractivity contribution is 0.661. The lowest BCUT2D eigenvalue weighted by Gasteiger charge is -2.27. The Hall–Kier alpha value is -11.9. The maximum Gasteiger partial charge on any atom is 0.0782 e. The summed E-state index contributed by atoms with van der Waals surface area (Å²) >= 11 is 3.77. The first-order chi connectivity index (χ1) is 48.4. The number of para-hydroxylation sites is 5. The molecule has 0 saturated carbocycles. The van der Waals surface area contributed by atoms with Gasteiger partial charge >= 0.3 is 0 Å². The van der Waals surface area contributed by atoms with E-state index in [4.69, 9.17) is 0 Å². The predicted octanol–water partition coefficient (Wildman–Crippen LogP) is 27.4. The molecule has 0 saturated heterocycles. The fourth-order valence-electron chi connectivity index (χ4n) is 16.6. The summed E-state index contributed by atoms with van der Waals surface area (Å²) in [6.07, 6.45) is 0. The summed E-state index contributed by atoms with van der Waals surface area (Å²) in [4.78, 5) is 4.86. The quantitative estimate of drug-likeness (QED) is 0.147. The summed E-state index contributed by atoms with van der Waals surface area (Å²) < 4.78 is 7.75. The Morgan fingerprint density at radius 2 is 0.765 bits per heavy atom. The van der Waals surface area contributed by atoms with Gasteiger partial charge in [0.2, 0.25) is 0 Å². The van der Waals surface area contributed by atoms with E-state index in [1.165, 1.54) is 155 Å². The molecule has 460 valence electrons. The minimum Gasteiger partial charge on any atom is -0.310 e. The number of nitrogens with zero attached hydrogens (tertiary/aromatic N) is 3. The number of rotatable bonds is 7. The van der Waals surface area contributed by atoms with Crippen molar-refractivity contribution in [1.82, 2.24) is 4.57 Å². The second-order valence-corrected chi connectivity index (χ2v) is 28.7. The van der Waals surface area contributed by atoms with Crippen LogP contribution in [-0.2, 0) is 5.41 Å². The monoisotopic (exact) mass is 1280 g/mol. The van der Waals surface area contributed by atoms with Crippen LogP contribution in [-0.4, -0.2) is 4.57 Å². The van der Waals surface area contributed by atoms with Gasteiger partial charge in [-0.25, -0.2) is 0 Å². The van der Waals surface area contributed by atoms with E-state index >= 15 is 0 Å². The van der Waals surface area contributed by atoms with E-state index in [-0.39, 0.29) is 5.41 Å². The van der Waals surface area contributed by atoms with Crippen molar-refractivity contribution >= 4 is 184 Å². The van der Waals surface area contributed by atoms with Gasteiger partial charge in [-0.15, -0.1) is 22.7 Å². The van der Waals surface area contributed by atoms with E-state index < -0.39 is 0 Å². The van der Waals surface area contributed by atoms with Gasteiger partial charge in [0.05, 0.1) is 22.4 Å². The highest BCUT2D eigenvalue weighted by Crippen LogP contribution is 2.54. The maximum atomic E-state index is 2.43. The molecule has 3 heterocycles. The Morgan fingerprint density at radius 3 is 1.48 bits per heavy atom. The zero-order valence-corrected chi connectivity index (χ0v) is 55.5. The molecular formula is C93H61N3S2. The normalized spacial score (nSPS) is 12.7. The summed E-state index contributed by atoms with van der Waals surface area (Å²) in [6, 6.07) is 123. The molecule has 0 N–H and O–H groups in total. The Bertz CT molecular complexity index is 6660. The van der Waals surface area contributed by atoms with Crippen LogP contribution in [0.2, 0.25) is 0 Å². The molecule has 1 aliphatic rings. The molecule has 5 heteroatoms. The van der Waals surface area contributed by atoms with Crippen LogP contribution in [0.5, 0.6) is 0 Å². The molecule has 0 spiro atoms. The first-order valence-corrected chi connectivity index (χ1v) is 35.4. The molecule has 0 amide bonds. The second-order valence-electron chi connectivity index (χ2n) is 26.6. The van der Waals surface area contributed by atoms with Gasteiger partial charge in [0.1, 0.15) is 0 Å². The number of hydrogen-bond acceptors (Lipinski definition) is 4. The molecule has 98 heavy (non-hydrogen) atoms. The molecule has 0 radical (unpaired) electrons. The summed E-state index contributed by atoms with van der Waals surface area (Å²) in [5, 5.41) is 23.3. The van der Waals surface area contributed by atoms with E-state index in [2.05, 4.69) is 362 Å². The largest absolute Gasteiger partial charge is 0.310 e. The number of aromatic nitrogens is 1. The number of thiophene rings is 2. The van der Waals surface area contributed by atoms with Crippen molar-refractivity contribution in [3.63, 3.8) is 0 Å². The van der Waals surface area contributed by atoms with Gasteiger partial charge < -0.3 is 14.4 Å². The molecule has 0 unspecified atom stereocenters. The molecule has 21 rings (SSSR count). The Morgan fingerprint density at radius 1 is 0.286 bits per heavy atom. The lowest BCUT2D eigenvalue weighted by atomic mass is 9.82. The van der Waals surface area contributed by atoms with Gasteiger partial charge in [-0.2, -0.15) is 0 Å². The summed E-state index contributed by atoms with van der Waals surface area (Å²) in [7, 11) is 0. The Balaban J connectivity index is 0.000000133. The highest BCUT2D eigenvalue weighted by atomic mass is 32.1. The first-order valence-electron chi connectivity index (χ1n) is 33.8. The lowest BCUT2D eigenvalue weighted by Crippen LogP contribution is -2.14. The van der Waals surface area contributed by atoms with Gasteiger partial charge in [0, 0.05) is 90.4 Å². The molecule has 1 aliphatic carbocycles. The smallest absolute Gasteiger partial charge is 0.0782 e. The van der Waals surface area contributed by atoms with Crippen LogP contribution in [0.3, 0.4) is 0 Å².